The zero-order valence-corrected chi connectivity index (χ0v) is 9.46. The van der Waals surface area contributed by atoms with Gasteiger partial charge in [-0.15, -0.1) is 6.58 Å². The van der Waals surface area contributed by atoms with Gasteiger partial charge in [0.15, 0.2) is 0 Å². The molecule has 2 aliphatic rings. The number of methoxy groups -OCH3 is 1. The lowest BCUT2D eigenvalue weighted by Gasteiger charge is -2.35. The molecule has 0 amide bonds. The minimum absolute atomic E-state index is 0.981. The van der Waals surface area contributed by atoms with Crippen LogP contribution in [0.15, 0.2) is 35.8 Å². The van der Waals surface area contributed by atoms with Crippen molar-refractivity contribution in [1.82, 2.24) is 4.90 Å². The molecule has 2 rings (SSSR count). The van der Waals surface area contributed by atoms with E-state index in [1.54, 1.807) is 12.7 Å². The second-order valence-electron chi connectivity index (χ2n) is 4.14. The van der Waals surface area contributed by atoms with E-state index in [0.29, 0.717) is 0 Å². The molecule has 2 nitrogen and oxygen atoms in total. The van der Waals surface area contributed by atoms with Gasteiger partial charge in [-0.05, 0) is 24.5 Å². The van der Waals surface area contributed by atoms with Gasteiger partial charge in [-0.2, -0.15) is 0 Å². The third-order valence-corrected chi connectivity index (χ3v) is 3.22. The van der Waals surface area contributed by atoms with E-state index in [0.717, 1.165) is 25.1 Å². The second kappa shape index (κ2) is 4.56. The summed E-state index contributed by atoms with van der Waals surface area (Å²) in [6.45, 7) is 5.98. The molecule has 2 heteroatoms. The van der Waals surface area contributed by atoms with Gasteiger partial charge < -0.3 is 9.64 Å². The van der Waals surface area contributed by atoms with Crippen LogP contribution in [-0.4, -0.2) is 25.1 Å². The lowest BCUT2D eigenvalue weighted by Crippen LogP contribution is -2.30. The molecular formula is C13H19NO. The van der Waals surface area contributed by atoms with Gasteiger partial charge in [0.2, 0.25) is 0 Å². The molecule has 1 aliphatic carbocycles. The summed E-state index contributed by atoms with van der Waals surface area (Å²) >= 11 is 0. The Labute approximate surface area is 91.9 Å². The Bertz CT molecular complexity index is 314. The van der Waals surface area contributed by atoms with E-state index in [1.807, 2.05) is 6.08 Å². The van der Waals surface area contributed by atoms with Crippen molar-refractivity contribution in [3.63, 3.8) is 0 Å². The van der Waals surface area contributed by atoms with Crippen LogP contribution in [0.3, 0.4) is 0 Å². The zero-order chi connectivity index (χ0) is 10.7. The maximum absolute atomic E-state index is 5.32. The van der Waals surface area contributed by atoms with Gasteiger partial charge >= 0.3 is 0 Å². The Kier molecular flexibility index (Phi) is 3.14. The van der Waals surface area contributed by atoms with Crippen LogP contribution >= 0.6 is 0 Å². The number of allylic oxidation sites excluding steroid dienone is 2. The molecule has 0 bridgehead atoms. The second-order valence-corrected chi connectivity index (χ2v) is 4.14. The molecule has 0 unspecified atom stereocenters. The Hall–Kier alpha value is -1.18. The number of hydrogen-bond donors (Lipinski definition) is 0. The van der Waals surface area contributed by atoms with E-state index in [9.17, 15) is 0 Å². The average Bonchev–Trinajstić information content (AvgIpc) is 2.29. The van der Waals surface area contributed by atoms with Gasteiger partial charge in [-0.25, -0.2) is 0 Å². The molecule has 0 aromatic heterocycles. The Morgan fingerprint density at radius 1 is 1.60 bits per heavy atom. The van der Waals surface area contributed by atoms with Gasteiger partial charge in [-0.3, -0.25) is 0 Å². The Balaban J connectivity index is 2.13. The molecule has 0 saturated heterocycles. The third-order valence-electron chi connectivity index (χ3n) is 3.22. The van der Waals surface area contributed by atoms with Crippen molar-refractivity contribution in [2.75, 3.05) is 20.2 Å². The van der Waals surface area contributed by atoms with E-state index in [-0.39, 0.29) is 0 Å². The highest BCUT2D eigenvalue weighted by Crippen LogP contribution is 2.33. The normalized spacial score (nSPS) is 20.9. The predicted molar refractivity (Wildman–Crippen MR) is 62.4 cm³/mol. The predicted octanol–water partition coefficient (Wildman–Crippen LogP) is 2.85. The van der Waals surface area contributed by atoms with Gasteiger partial charge in [0, 0.05) is 31.6 Å². The van der Waals surface area contributed by atoms with Crippen molar-refractivity contribution < 1.29 is 4.74 Å². The largest absolute Gasteiger partial charge is 0.501 e. The summed E-state index contributed by atoms with van der Waals surface area (Å²) in [5.74, 6) is 1.13. The van der Waals surface area contributed by atoms with Crippen LogP contribution in [0.4, 0.5) is 0 Å². The monoisotopic (exact) mass is 205 g/mol. The maximum atomic E-state index is 5.32. The summed E-state index contributed by atoms with van der Waals surface area (Å²) in [4.78, 5) is 2.45. The van der Waals surface area contributed by atoms with E-state index in [4.69, 9.17) is 4.74 Å². The van der Waals surface area contributed by atoms with Crippen molar-refractivity contribution >= 4 is 0 Å². The van der Waals surface area contributed by atoms with Crippen LogP contribution in [0.5, 0.6) is 0 Å². The molecule has 0 saturated carbocycles. The van der Waals surface area contributed by atoms with Crippen LogP contribution in [0.2, 0.25) is 0 Å². The standard InChI is InChI=1S/C13H19NO/c1-3-8-14-9-4-5-11-10-12(15-2)6-7-13(11)14/h3,6H,1,4-5,7-10H2,2H3. The van der Waals surface area contributed by atoms with Crippen LogP contribution < -0.4 is 0 Å². The summed E-state index contributed by atoms with van der Waals surface area (Å²) in [6.07, 6.45) is 8.75. The molecular weight excluding hydrogens is 186 g/mol. The smallest absolute Gasteiger partial charge is 0.0960 e. The van der Waals surface area contributed by atoms with Crippen LogP contribution in [0.1, 0.15) is 25.7 Å². The molecule has 0 atom stereocenters. The lowest BCUT2D eigenvalue weighted by molar-refractivity contribution is 0.266. The molecule has 0 aromatic rings. The minimum atomic E-state index is 0.981. The molecule has 82 valence electrons. The number of rotatable bonds is 3. The first-order chi connectivity index (χ1) is 7.35. The zero-order valence-electron chi connectivity index (χ0n) is 9.46. The highest BCUT2D eigenvalue weighted by atomic mass is 16.5. The first kappa shape index (κ1) is 10.3. The summed E-state index contributed by atoms with van der Waals surface area (Å²) in [5, 5.41) is 0. The van der Waals surface area contributed by atoms with E-state index in [2.05, 4.69) is 17.6 Å². The number of hydrogen-bond acceptors (Lipinski definition) is 2. The van der Waals surface area contributed by atoms with Gasteiger partial charge in [0.05, 0.1) is 12.9 Å². The maximum Gasteiger partial charge on any atom is 0.0960 e. The van der Waals surface area contributed by atoms with Crippen LogP contribution in [0, 0.1) is 0 Å². The number of nitrogens with zero attached hydrogens (tertiary/aromatic N) is 1. The summed E-state index contributed by atoms with van der Waals surface area (Å²) in [6, 6.07) is 0. The summed E-state index contributed by atoms with van der Waals surface area (Å²) in [5.41, 5.74) is 3.09. The highest BCUT2D eigenvalue weighted by molar-refractivity contribution is 5.28. The van der Waals surface area contributed by atoms with E-state index >= 15 is 0 Å². The first-order valence-electron chi connectivity index (χ1n) is 5.65. The SMILES string of the molecule is C=CCN1CCCC2=C1CC=C(OC)C2. The topological polar surface area (TPSA) is 12.5 Å². The van der Waals surface area contributed by atoms with Crippen LogP contribution in [-0.2, 0) is 4.74 Å². The molecule has 15 heavy (non-hydrogen) atoms. The van der Waals surface area contributed by atoms with Crippen molar-refractivity contribution in [3.8, 4) is 0 Å². The Morgan fingerprint density at radius 2 is 2.47 bits per heavy atom. The van der Waals surface area contributed by atoms with Gasteiger partial charge in [0.25, 0.3) is 0 Å². The van der Waals surface area contributed by atoms with Gasteiger partial charge in [0.1, 0.15) is 0 Å². The fourth-order valence-electron chi connectivity index (χ4n) is 2.46. The molecule has 0 N–H and O–H groups in total. The minimum Gasteiger partial charge on any atom is -0.501 e. The van der Waals surface area contributed by atoms with Crippen molar-refractivity contribution in [3.05, 3.63) is 35.8 Å². The quantitative estimate of drug-likeness (QED) is 0.657. The van der Waals surface area contributed by atoms with E-state index < -0.39 is 0 Å². The molecule has 1 heterocycles. The molecule has 0 spiro atoms. The van der Waals surface area contributed by atoms with Crippen molar-refractivity contribution in [2.45, 2.75) is 25.7 Å². The van der Waals surface area contributed by atoms with Gasteiger partial charge in [-0.1, -0.05) is 6.08 Å². The number of ether oxygens (including phenoxy) is 1. The van der Waals surface area contributed by atoms with Crippen molar-refractivity contribution in [2.24, 2.45) is 0 Å². The average molecular weight is 205 g/mol. The van der Waals surface area contributed by atoms with Crippen molar-refractivity contribution in [1.29, 1.82) is 0 Å². The molecule has 0 aromatic carbocycles. The summed E-state index contributed by atoms with van der Waals surface area (Å²) in [7, 11) is 1.77. The lowest BCUT2D eigenvalue weighted by atomic mass is 9.92. The third kappa shape index (κ3) is 2.09. The molecule has 0 radical (unpaired) electrons. The highest BCUT2D eigenvalue weighted by Gasteiger charge is 2.22. The summed E-state index contributed by atoms with van der Waals surface area (Å²) < 4.78 is 5.32. The first-order valence-corrected chi connectivity index (χ1v) is 5.65. The van der Waals surface area contributed by atoms with Crippen LogP contribution in [0.25, 0.3) is 0 Å². The molecule has 1 aliphatic heterocycles. The molecule has 0 fully saturated rings. The fraction of sp³-hybridized carbons (Fsp3) is 0.538. The van der Waals surface area contributed by atoms with E-state index in [1.165, 1.54) is 25.1 Å². The fourth-order valence-corrected chi connectivity index (χ4v) is 2.46. The Morgan fingerprint density at radius 3 is 3.20 bits per heavy atom.